The summed E-state index contributed by atoms with van der Waals surface area (Å²) in [5.41, 5.74) is -0.0378. The van der Waals surface area contributed by atoms with Crippen molar-refractivity contribution in [3.63, 3.8) is 0 Å². The van der Waals surface area contributed by atoms with Crippen molar-refractivity contribution in [3.05, 3.63) is 24.3 Å². The number of para-hydroxylation sites is 2. The van der Waals surface area contributed by atoms with Crippen LogP contribution in [0.4, 0.5) is 10.5 Å². The first kappa shape index (κ1) is 20.5. The van der Waals surface area contributed by atoms with E-state index in [4.69, 9.17) is 9.47 Å². The number of ether oxygens (including phenoxy) is 2. The molecule has 0 bridgehead atoms. The summed E-state index contributed by atoms with van der Waals surface area (Å²) in [6, 6.07) is 6.25. The maximum absolute atomic E-state index is 12.4. The second kappa shape index (κ2) is 8.28. The lowest BCUT2D eigenvalue weighted by atomic mass is 10.1. The number of anilines is 1. The molecule has 148 valence electrons. The van der Waals surface area contributed by atoms with Crippen molar-refractivity contribution in [1.82, 2.24) is 10.2 Å². The van der Waals surface area contributed by atoms with E-state index in [1.807, 2.05) is 6.07 Å². The zero-order valence-electron chi connectivity index (χ0n) is 16.4. The minimum atomic E-state index is -0.836. The van der Waals surface area contributed by atoms with Crippen molar-refractivity contribution >= 4 is 23.6 Å². The highest BCUT2D eigenvalue weighted by atomic mass is 16.6. The molecule has 1 aliphatic heterocycles. The maximum Gasteiger partial charge on any atom is 0.410 e. The number of nitrogens with zero attached hydrogens (tertiary/aromatic N) is 1. The Balaban J connectivity index is 1.90. The third-order valence-corrected chi connectivity index (χ3v) is 3.91. The molecule has 0 radical (unpaired) electrons. The zero-order valence-corrected chi connectivity index (χ0v) is 16.4. The van der Waals surface area contributed by atoms with Crippen LogP contribution in [-0.4, -0.2) is 54.1 Å². The fourth-order valence-corrected chi connectivity index (χ4v) is 2.49. The number of carbonyl (C=O) groups is 3. The molecule has 0 aromatic heterocycles. The molecule has 1 aromatic rings. The molecule has 2 rings (SSSR count). The third-order valence-electron chi connectivity index (χ3n) is 3.91. The van der Waals surface area contributed by atoms with Gasteiger partial charge in [0.2, 0.25) is 5.91 Å². The molecule has 8 heteroatoms. The summed E-state index contributed by atoms with van der Waals surface area (Å²) in [5, 5.41) is 5.43. The van der Waals surface area contributed by atoms with Crippen molar-refractivity contribution in [2.45, 2.75) is 51.9 Å². The van der Waals surface area contributed by atoms with Crippen molar-refractivity contribution in [1.29, 1.82) is 0 Å². The van der Waals surface area contributed by atoms with Crippen LogP contribution in [-0.2, 0) is 14.3 Å². The Morgan fingerprint density at radius 3 is 2.63 bits per heavy atom. The smallest absolute Gasteiger partial charge is 0.410 e. The lowest BCUT2D eigenvalue weighted by Crippen LogP contribution is -2.51. The van der Waals surface area contributed by atoms with Gasteiger partial charge < -0.3 is 25.0 Å². The molecular formula is C19H27N3O5. The number of fused-ring (bicyclic) bond motifs is 1. The van der Waals surface area contributed by atoms with Crippen LogP contribution >= 0.6 is 0 Å². The molecule has 1 aliphatic rings. The summed E-state index contributed by atoms with van der Waals surface area (Å²) in [5.74, 6) is -0.145. The van der Waals surface area contributed by atoms with E-state index in [0.717, 1.165) is 0 Å². The van der Waals surface area contributed by atoms with Crippen LogP contribution in [0.5, 0.6) is 5.75 Å². The van der Waals surface area contributed by atoms with E-state index in [-0.39, 0.29) is 24.8 Å². The molecule has 0 saturated heterocycles. The highest BCUT2D eigenvalue weighted by Crippen LogP contribution is 2.28. The van der Waals surface area contributed by atoms with E-state index in [1.165, 1.54) is 4.90 Å². The standard InChI is InChI=1S/C19H27N3O5/c1-12-16(17(24)20-13-8-6-7-9-14(13)26-12)21-15(23)10-11-22(5)18(25)27-19(2,3)4/h6-9,12,16H,10-11H2,1-5H3,(H,20,24)(H,21,23)/t12-,16+/m1/s1. The minimum Gasteiger partial charge on any atom is -0.486 e. The molecule has 2 N–H and O–H groups in total. The SMILES string of the molecule is C[C@H]1Oc2ccccc2NC(=O)[C@H]1NC(=O)CCN(C)C(=O)OC(C)(C)C. The predicted octanol–water partition coefficient (Wildman–Crippen LogP) is 2.15. The normalized spacial score (nSPS) is 19.1. The van der Waals surface area contributed by atoms with Gasteiger partial charge in [-0.15, -0.1) is 0 Å². The van der Waals surface area contributed by atoms with Gasteiger partial charge >= 0.3 is 6.09 Å². The molecule has 1 heterocycles. The number of nitrogens with one attached hydrogen (secondary N) is 2. The summed E-state index contributed by atoms with van der Waals surface area (Å²) in [7, 11) is 1.56. The Morgan fingerprint density at radius 1 is 1.30 bits per heavy atom. The summed E-state index contributed by atoms with van der Waals surface area (Å²) in [4.78, 5) is 38.0. The van der Waals surface area contributed by atoms with E-state index in [2.05, 4.69) is 10.6 Å². The Morgan fingerprint density at radius 2 is 1.96 bits per heavy atom. The number of amides is 3. The van der Waals surface area contributed by atoms with Gasteiger partial charge in [-0.3, -0.25) is 9.59 Å². The average molecular weight is 377 g/mol. The largest absolute Gasteiger partial charge is 0.486 e. The molecule has 0 fully saturated rings. The molecule has 2 atom stereocenters. The first-order chi connectivity index (χ1) is 12.6. The molecule has 3 amide bonds. The van der Waals surface area contributed by atoms with Crippen molar-refractivity contribution < 1.29 is 23.9 Å². The van der Waals surface area contributed by atoms with Gasteiger partial charge in [-0.1, -0.05) is 12.1 Å². The number of benzene rings is 1. The van der Waals surface area contributed by atoms with Crippen LogP contribution in [0.15, 0.2) is 24.3 Å². The summed E-state index contributed by atoms with van der Waals surface area (Å²) >= 11 is 0. The van der Waals surface area contributed by atoms with E-state index >= 15 is 0 Å². The fraction of sp³-hybridized carbons (Fsp3) is 0.526. The number of rotatable bonds is 4. The topological polar surface area (TPSA) is 97.0 Å². The highest BCUT2D eigenvalue weighted by molar-refractivity contribution is 5.99. The predicted molar refractivity (Wildman–Crippen MR) is 101 cm³/mol. The second-order valence-corrected chi connectivity index (χ2v) is 7.51. The second-order valence-electron chi connectivity index (χ2n) is 7.51. The van der Waals surface area contributed by atoms with Crippen molar-refractivity contribution in [2.75, 3.05) is 18.9 Å². The Labute approximate surface area is 159 Å². The molecule has 8 nitrogen and oxygen atoms in total. The lowest BCUT2D eigenvalue weighted by molar-refractivity contribution is -0.128. The summed E-state index contributed by atoms with van der Waals surface area (Å²) in [6.07, 6.45) is -1.00. The summed E-state index contributed by atoms with van der Waals surface area (Å²) < 4.78 is 11.0. The van der Waals surface area contributed by atoms with Gasteiger partial charge in [0.05, 0.1) is 5.69 Å². The molecule has 0 saturated carbocycles. The van der Waals surface area contributed by atoms with Crippen LogP contribution in [0.25, 0.3) is 0 Å². The van der Waals surface area contributed by atoms with Gasteiger partial charge in [-0.25, -0.2) is 4.79 Å². The van der Waals surface area contributed by atoms with E-state index in [9.17, 15) is 14.4 Å². The monoisotopic (exact) mass is 377 g/mol. The molecule has 27 heavy (non-hydrogen) atoms. The Kier molecular flexibility index (Phi) is 6.30. The van der Waals surface area contributed by atoms with Crippen LogP contribution in [0, 0.1) is 0 Å². The quantitative estimate of drug-likeness (QED) is 0.838. The Bertz CT molecular complexity index is 714. The summed E-state index contributed by atoms with van der Waals surface area (Å²) in [6.45, 7) is 7.21. The van der Waals surface area contributed by atoms with Gasteiger partial charge in [0.25, 0.3) is 5.91 Å². The molecule has 0 unspecified atom stereocenters. The van der Waals surface area contributed by atoms with E-state index in [1.54, 1.807) is 52.9 Å². The average Bonchev–Trinajstić information content (AvgIpc) is 2.68. The van der Waals surface area contributed by atoms with Crippen molar-refractivity contribution in [3.8, 4) is 5.75 Å². The first-order valence-electron chi connectivity index (χ1n) is 8.87. The lowest BCUT2D eigenvalue weighted by Gasteiger charge is -2.25. The van der Waals surface area contributed by atoms with Crippen LogP contribution in [0.3, 0.4) is 0 Å². The molecule has 1 aromatic carbocycles. The van der Waals surface area contributed by atoms with Gasteiger partial charge in [0, 0.05) is 20.0 Å². The first-order valence-corrected chi connectivity index (χ1v) is 8.87. The molecule has 0 aliphatic carbocycles. The fourth-order valence-electron chi connectivity index (χ4n) is 2.49. The number of carbonyl (C=O) groups excluding carboxylic acids is 3. The van der Waals surface area contributed by atoms with Crippen LogP contribution < -0.4 is 15.4 Å². The minimum absolute atomic E-state index is 0.0409. The van der Waals surface area contributed by atoms with Gasteiger partial charge in [0.15, 0.2) is 0 Å². The van der Waals surface area contributed by atoms with Crippen molar-refractivity contribution in [2.24, 2.45) is 0 Å². The van der Waals surface area contributed by atoms with Crippen LogP contribution in [0.1, 0.15) is 34.1 Å². The molecular weight excluding hydrogens is 350 g/mol. The third kappa shape index (κ3) is 5.87. The zero-order chi connectivity index (χ0) is 20.2. The van der Waals surface area contributed by atoms with Gasteiger partial charge in [-0.2, -0.15) is 0 Å². The number of hydrogen-bond acceptors (Lipinski definition) is 5. The van der Waals surface area contributed by atoms with Crippen LogP contribution in [0.2, 0.25) is 0 Å². The van der Waals surface area contributed by atoms with Gasteiger partial charge in [-0.05, 0) is 39.8 Å². The van der Waals surface area contributed by atoms with E-state index in [0.29, 0.717) is 11.4 Å². The highest BCUT2D eigenvalue weighted by Gasteiger charge is 2.32. The molecule has 0 spiro atoms. The Hall–Kier alpha value is -2.77. The number of hydrogen-bond donors (Lipinski definition) is 2. The van der Waals surface area contributed by atoms with E-state index < -0.39 is 23.8 Å². The van der Waals surface area contributed by atoms with Gasteiger partial charge in [0.1, 0.15) is 23.5 Å². The maximum atomic E-state index is 12.4.